The highest BCUT2D eigenvalue weighted by atomic mass is 16.5. The van der Waals surface area contributed by atoms with Gasteiger partial charge in [-0.05, 0) is 36.4 Å². The Morgan fingerprint density at radius 1 is 1.09 bits per heavy atom. The van der Waals surface area contributed by atoms with Crippen LogP contribution in [0.25, 0.3) is 21.9 Å². The Balaban J connectivity index is 2.14. The highest BCUT2D eigenvalue weighted by Gasteiger charge is 2.11. The molecule has 6 nitrogen and oxygen atoms in total. The molecule has 0 unspecified atom stereocenters. The van der Waals surface area contributed by atoms with Crippen molar-refractivity contribution in [3.8, 4) is 5.75 Å². The number of fused-ring (bicyclic) bond motifs is 2. The number of ether oxygens (including phenoxy) is 1. The van der Waals surface area contributed by atoms with Crippen LogP contribution in [0.15, 0.2) is 45.6 Å². The zero-order chi connectivity index (χ0) is 16.4. The molecule has 1 heterocycles. The summed E-state index contributed by atoms with van der Waals surface area (Å²) in [5.41, 5.74) is 0.456. The van der Waals surface area contributed by atoms with Crippen LogP contribution in [0.2, 0.25) is 0 Å². The standard InChI is InChI=1S/C17H14O6/c18-6-1-7-22-11-3-5-15-13(9-11)16(19)12-8-10(17(20)21)2-4-14(12)23-15/h2-5,8-9,18H,1,6-7H2,(H,20,21). The van der Waals surface area contributed by atoms with Crippen molar-refractivity contribution in [1.82, 2.24) is 0 Å². The van der Waals surface area contributed by atoms with E-state index in [-0.39, 0.29) is 23.0 Å². The molecule has 3 rings (SSSR count). The van der Waals surface area contributed by atoms with Gasteiger partial charge < -0.3 is 19.4 Å². The van der Waals surface area contributed by atoms with Gasteiger partial charge >= 0.3 is 5.97 Å². The first-order valence-corrected chi connectivity index (χ1v) is 7.08. The van der Waals surface area contributed by atoms with Gasteiger partial charge in [-0.15, -0.1) is 0 Å². The number of aromatic carboxylic acids is 1. The number of rotatable bonds is 5. The fourth-order valence-electron chi connectivity index (χ4n) is 2.31. The third-order valence-corrected chi connectivity index (χ3v) is 3.46. The smallest absolute Gasteiger partial charge is 0.335 e. The summed E-state index contributed by atoms with van der Waals surface area (Å²) < 4.78 is 11.1. The minimum absolute atomic E-state index is 0.0261. The third-order valence-electron chi connectivity index (χ3n) is 3.46. The van der Waals surface area contributed by atoms with Gasteiger partial charge in [-0.1, -0.05) is 0 Å². The van der Waals surface area contributed by atoms with Crippen molar-refractivity contribution in [1.29, 1.82) is 0 Å². The van der Waals surface area contributed by atoms with Gasteiger partial charge in [0, 0.05) is 13.0 Å². The van der Waals surface area contributed by atoms with E-state index in [0.717, 1.165) is 0 Å². The molecule has 0 aliphatic heterocycles. The predicted octanol–water partition coefficient (Wildman–Crippen LogP) is 2.41. The maximum atomic E-state index is 12.6. The molecule has 0 saturated carbocycles. The van der Waals surface area contributed by atoms with Crippen molar-refractivity contribution < 1.29 is 24.2 Å². The summed E-state index contributed by atoms with van der Waals surface area (Å²) >= 11 is 0. The second-order valence-electron chi connectivity index (χ2n) is 5.03. The molecule has 0 fully saturated rings. The molecule has 0 amide bonds. The Kier molecular flexibility index (Phi) is 3.99. The Morgan fingerprint density at radius 2 is 1.78 bits per heavy atom. The first-order valence-electron chi connectivity index (χ1n) is 7.08. The van der Waals surface area contributed by atoms with Crippen molar-refractivity contribution in [2.24, 2.45) is 0 Å². The molecule has 3 aromatic rings. The second kappa shape index (κ2) is 6.10. The highest BCUT2D eigenvalue weighted by molar-refractivity contribution is 5.96. The Hall–Kier alpha value is -2.86. The van der Waals surface area contributed by atoms with Gasteiger partial charge in [0.1, 0.15) is 16.9 Å². The molecule has 0 saturated heterocycles. The van der Waals surface area contributed by atoms with Gasteiger partial charge in [0.2, 0.25) is 5.43 Å². The first-order chi connectivity index (χ1) is 11.1. The molecular weight excluding hydrogens is 300 g/mol. The van der Waals surface area contributed by atoms with Crippen LogP contribution >= 0.6 is 0 Å². The van der Waals surface area contributed by atoms with E-state index >= 15 is 0 Å². The van der Waals surface area contributed by atoms with Crippen molar-refractivity contribution in [2.75, 3.05) is 13.2 Å². The van der Waals surface area contributed by atoms with Crippen LogP contribution < -0.4 is 10.2 Å². The molecule has 0 atom stereocenters. The summed E-state index contributed by atoms with van der Waals surface area (Å²) in [5.74, 6) is -0.612. The van der Waals surface area contributed by atoms with Gasteiger partial charge in [0.15, 0.2) is 0 Å². The summed E-state index contributed by atoms with van der Waals surface area (Å²) in [6.45, 7) is 0.363. The molecule has 1 aromatic heterocycles. The number of carboxylic acid groups (broad SMARTS) is 1. The monoisotopic (exact) mass is 314 g/mol. The summed E-state index contributed by atoms with van der Waals surface area (Å²) in [5, 5.41) is 18.3. The van der Waals surface area contributed by atoms with Crippen molar-refractivity contribution in [2.45, 2.75) is 6.42 Å². The van der Waals surface area contributed by atoms with Gasteiger partial charge in [0.05, 0.1) is 22.9 Å². The molecule has 0 spiro atoms. The van der Waals surface area contributed by atoms with Gasteiger partial charge in [-0.3, -0.25) is 4.79 Å². The van der Waals surface area contributed by atoms with Crippen LogP contribution in [0.1, 0.15) is 16.8 Å². The number of carboxylic acids is 1. The lowest BCUT2D eigenvalue weighted by Crippen LogP contribution is -2.05. The first kappa shape index (κ1) is 15.1. The maximum absolute atomic E-state index is 12.6. The normalized spacial score (nSPS) is 11.0. The fourth-order valence-corrected chi connectivity index (χ4v) is 2.31. The van der Waals surface area contributed by atoms with Gasteiger partial charge in [-0.25, -0.2) is 4.79 Å². The molecule has 0 radical (unpaired) electrons. The predicted molar refractivity (Wildman–Crippen MR) is 84.1 cm³/mol. The minimum Gasteiger partial charge on any atom is -0.493 e. The van der Waals surface area contributed by atoms with E-state index in [1.54, 1.807) is 18.2 Å². The number of aliphatic hydroxyl groups is 1. The summed E-state index contributed by atoms with van der Waals surface area (Å²) in [6.07, 6.45) is 0.492. The maximum Gasteiger partial charge on any atom is 0.335 e. The van der Waals surface area contributed by atoms with E-state index in [0.29, 0.717) is 35.3 Å². The minimum atomic E-state index is -1.10. The van der Waals surface area contributed by atoms with E-state index in [1.165, 1.54) is 18.2 Å². The summed E-state index contributed by atoms with van der Waals surface area (Å²) in [7, 11) is 0. The van der Waals surface area contributed by atoms with Crippen molar-refractivity contribution >= 4 is 27.9 Å². The van der Waals surface area contributed by atoms with Crippen LogP contribution in [0.3, 0.4) is 0 Å². The molecule has 6 heteroatoms. The molecule has 0 bridgehead atoms. The van der Waals surface area contributed by atoms with E-state index in [4.69, 9.17) is 19.4 Å². The Bertz CT molecular complexity index is 941. The Labute approximate surface area is 130 Å². The fraction of sp³-hybridized carbons (Fsp3) is 0.176. The topological polar surface area (TPSA) is 97.0 Å². The number of hydrogen-bond donors (Lipinski definition) is 2. The SMILES string of the molecule is O=C(O)c1ccc2oc3ccc(OCCCO)cc3c(=O)c2c1. The van der Waals surface area contributed by atoms with Crippen LogP contribution in [-0.2, 0) is 0 Å². The van der Waals surface area contributed by atoms with Crippen molar-refractivity contribution in [3.63, 3.8) is 0 Å². The zero-order valence-corrected chi connectivity index (χ0v) is 12.1. The van der Waals surface area contributed by atoms with E-state index < -0.39 is 5.97 Å². The van der Waals surface area contributed by atoms with Crippen LogP contribution in [0.4, 0.5) is 0 Å². The molecule has 0 aliphatic carbocycles. The summed E-state index contributed by atoms with van der Waals surface area (Å²) in [4.78, 5) is 23.6. The highest BCUT2D eigenvalue weighted by Crippen LogP contribution is 2.23. The average molecular weight is 314 g/mol. The lowest BCUT2D eigenvalue weighted by molar-refractivity contribution is 0.0697. The molecule has 2 N–H and O–H groups in total. The van der Waals surface area contributed by atoms with Crippen LogP contribution in [0.5, 0.6) is 5.75 Å². The number of aliphatic hydroxyl groups excluding tert-OH is 1. The molecule has 118 valence electrons. The number of carbonyl (C=O) groups is 1. The zero-order valence-electron chi connectivity index (χ0n) is 12.1. The van der Waals surface area contributed by atoms with E-state index in [9.17, 15) is 9.59 Å². The lowest BCUT2D eigenvalue weighted by atomic mass is 10.1. The van der Waals surface area contributed by atoms with Crippen LogP contribution in [-0.4, -0.2) is 29.4 Å². The van der Waals surface area contributed by atoms with Gasteiger partial charge in [0.25, 0.3) is 0 Å². The van der Waals surface area contributed by atoms with E-state index in [2.05, 4.69) is 0 Å². The van der Waals surface area contributed by atoms with Crippen molar-refractivity contribution in [3.05, 3.63) is 52.2 Å². The molecular formula is C17H14O6. The number of benzene rings is 2. The molecule has 0 aliphatic rings. The second-order valence-corrected chi connectivity index (χ2v) is 5.03. The number of hydrogen-bond acceptors (Lipinski definition) is 5. The molecule has 23 heavy (non-hydrogen) atoms. The Morgan fingerprint density at radius 3 is 2.48 bits per heavy atom. The summed E-state index contributed by atoms with van der Waals surface area (Å²) in [6, 6.07) is 9.06. The third kappa shape index (κ3) is 2.89. The van der Waals surface area contributed by atoms with E-state index in [1.807, 2.05) is 0 Å². The average Bonchev–Trinajstić information content (AvgIpc) is 2.55. The van der Waals surface area contributed by atoms with Gasteiger partial charge in [-0.2, -0.15) is 0 Å². The molecule has 2 aromatic carbocycles. The largest absolute Gasteiger partial charge is 0.493 e. The quantitative estimate of drug-likeness (QED) is 0.554. The lowest BCUT2D eigenvalue weighted by Gasteiger charge is -2.07. The van der Waals surface area contributed by atoms with Crippen LogP contribution in [0, 0.1) is 0 Å².